The van der Waals surface area contributed by atoms with Gasteiger partial charge in [-0.25, -0.2) is 9.86 Å². The molecule has 0 bridgehead atoms. The molecular weight excluding hydrogens is 1070 g/mol. The monoisotopic (exact) mass is 1160 g/mol. The maximum Gasteiger partial charge on any atom is 0.333 e. The molecule has 0 unspecified atom stereocenters. The fraction of sp³-hybridized carbons (Fsp3) is 0.742. The Labute approximate surface area is 491 Å². The highest BCUT2D eigenvalue weighted by molar-refractivity contribution is 6.01. The van der Waals surface area contributed by atoms with Crippen molar-refractivity contribution in [2.24, 2.45) is 35.0 Å². The first-order chi connectivity index (χ1) is 39.4. The van der Waals surface area contributed by atoms with E-state index >= 15 is 0 Å². The van der Waals surface area contributed by atoms with Gasteiger partial charge in [0.25, 0.3) is 17.7 Å². The van der Waals surface area contributed by atoms with Crippen LogP contribution in [-0.2, 0) is 71.8 Å². The molecule has 1 saturated carbocycles. The number of ketones is 2. The second kappa shape index (κ2) is 32.0. The lowest BCUT2D eigenvalue weighted by Crippen LogP contribution is -2.54. The Hall–Kier alpha value is -5.64. The van der Waals surface area contributed by atoms with Gasteiger partial charge in [0, 0.05) is 91.1 Å². The van der Waals surface area contributed by atoms with Crippen LogP contribution in [0.15, 0.2) is 30.3 Å². The number of amides is 6. The second-order valence-corrected chi connectivity index (χ2v) is 24.3. The van der Waals surface area contributed by atoms with Crippen LogP contribution < -0.4 is 5.32 Å². The highest BCUT2D eigenvalue weighted by atomic mass is 16.7. The Morgan fingerprint density at radius 2 is 1.47 bits per heavy atom. The molecule has 6 amide bonds. The molecule has 5 rings (SSSR count). The topological polar surface area (TPSA) is 245 Å². The number of hydrogen-bond acceptors (Lipinski definition) is 16. The summed E-state index contributed by atoms with van der Waals surface area (Å²) >= 11 is 0. The molecule has 4 fully saturated rings. The standard InChI is InChI=1S/C62H96N6O15/c1-13-41(6)58(50(79-11)35-54(74)66-31-20-24-47(66)59(80-12)43(8)49(70)37-62(61(78)67-32-17-18-33-81-67)36-46(62)44-22-15-14-16-23-44)65(10)60(77)45(39(2)3)34-48(69)57(40(4)5)64(9)30-21-27-55(75)82-42(7)38-63-51(71)25-19-26-56(76)83-68-52(72)28-29-53(68)73/h14-16,22-23,39-43,45-47,50,57-59H,13,17-21,24-38H2,1-12H3,(H,63,71)/t41-,42+,43-,45-,46+,47-,50+,57-,58-,59+,62-/m0/s1. The van der Waals surface area contributed by atoms with E-state index in [1.165, 1.54) is 5.06 Å². The Bertz CT molecular complexity index is 2380. The van der Waals surface area contributed by atoms with Crippen molar-refractivity contribution in [3.63, 3.8) is 0 Å². The predicted molar refractivity (Wildman–Crippen MR) is 307 cm³/mol. The van der Waals surface area contributed by atoms with E-state index in [-0.39, 0.29) is 123 Å². The van der Waals surface area contributed by atoms with Gasteiger partial charge in [-0.05, 0) is 94.7 Å². The van der Waals surface area contributed by atoms with Gasteiger partial charge in [0.2, 0.25) is 17.7 Å². The summed E-state index contributed by atoms with van der Waals surface area (Å²) in [6.07, 6.45) is 2.59. The van der Waals surface area contributed by atoms with Crippen molar-refractivity contribution >= 4 is 58.9 Å². The number of carbonyl (C=O) groups excluding carboxylic acids is 10. The Morgan fingerprint density at radius 3 is 2.07 bits per heavy atom. The fourth-order valence-corrected chi connectivity index (χ4v) is 12.6. The van der Waals surface area contributed by atoms with Crippen molar-refractivity contribution in [2.45, 2.75) is 200 Å². The summed E-state index contributed by atoms with van der Waals surface area (Å²) in [5.74, 6) is -5.44. The molecule has 1 N–H and O–H groups in total. The van der Waals surface area contributed by atoms with Crippen molar-refractivity contribution in [3.8, 4) is 0 Å². The van der Waals surface area contributed by atoms with Gasteiger partial charge in [0.05, 0.1) is 55.3 Å². The minimum Gasteiger partial charge on any atom is -0.461 e. The smallest absolute Gasteiger partial charge is 0.333 e. The molecule has 0 spiro atoms. The number of nitrogens with zero attached hydrogens (tertiary/aromatic N) is 5. The summed E-state index contributed by atoms with van der Waals surface area (Å²) in [5, 5.41) is 4.59. The zero-order chi connectivity index (χ0) is 61.3. The number of Topliss-reactive ketones (excluding diaryl/α,β-unsaturated/α-hetero) is 2. The summed E-state index contributed by atoms with van der Waals surface area (Å²) in [7, 11) is 6.67. The number of ether oxygens (including phenoxy) is 3. The average Bonchev–Trinajstić information content (AvgIpc) is 1.76. The number of likely N-dealkylation sites (N-methyl/N-ethyl adjacent to an activating group) is 2. The van der Waals surface area contributed by atoms with E-state index in [9.17, 15) is 47.9 Å². The first kappa shape index (κ1) is 68.1. The third-order valence-corrected chi connectivity index (χ3v) is 17.5. The summed E-state index contributed by atoms with van der Waals surface area (Å²) in [6.45, 7) is 17.1. The van der Waals surface area contributed by atoms with Crippen LogP contribution in [0.25, 0.3) is 0 Å². The normalized spacial score (nSPS) is 21.9. The molecule has 1 aliphatic carbocycles. The number of methoxy groups -OCH3 is 2. The van der Waals surface area contributed by atoms with Crippen LogP contribution in [0.3, 0.4) is 0 Å². The summed E-state index contributed by atoms with van der Waals surface area (Å²) in [6, 6.07) is 8.35. The van der Waals surface area contributed by atoms with Crippen molar-refractivity contribution in [3.05, 3.63) is 35.9 Å². The molecule has 3 aliphatic heterocycles. The van der Waals surface area contributed by atoms with E-state index in [1.807, 2.05) is 90.7 Å². The highest BCUT2D eigenvalue weighted by Gasteiger charge is 2.63. The summed E-state index contributed by atoms with van der Waals surface area (Å²) in [4.78, 5) is 149. The average molecular weight is 1170 g/mol. The van der Waals surface area contributed by atoms with Gasteiger partial charge in [-0.1, -0.05) is 85.2 Å². The number of rotatable bonds is 34. The van der Waals surface area contributed by atoms with Crippen molar-refractivity contribution in [2.75, 3.05) is 61.1 Å². The number of likely N-dealkylation sites (tertiary alicyclic amines) is 1. The van der Waals surface area contributed by atoms with Gasteiger partial charge in [-0.3, -0.25) is 52.9 Å². The third kappa shape index (κ3) is 18.2. The van der Waals surface area contributed by atoms with Crippen LogP contribution >= 0.6 is 0 Å². The van der Waals surface area contributed by atoms with Gasteiger partial charge in [0.1, 0.15) is 11.9 Å². The second-order valence-electron chi connectivity index (χ2n) is 24.3. The van der Waals surface area contributed by atoms with Crippen LogP contribution in [0.4, 0.5) is 0 Å². The number of esters is 1. The van der Waals surface area contributed by atoms with Gasteiger partial charge >= 0.3 is 11.9 Å². The number of nitrogens with one attached hydrogen (secondary N) is 1. The van der Waals surface area contributed by atoms with E-state index in [0.717, 1.165) is 18.4 Å². The maximum absolute atomic E-state index is 14.8. The molecule has 1 aromatic rings. The Kier molecular flexibility index (Phi) is 26.3. The lowest BCUT2D eigenvalue weighted by molar-refractivity contribution is -0.203. The van der Waals surface area contributed by atoms with Crippen molar-refractivity contribution in [1.82, 2.24) is 30.1 Å². The molecule has 0 aromatic heterocycles. The lowest BCUT2D eigenvalue weighted by atomic mass is 9.83. The minimum atomic E-state index is -0.925. The summed E-state index contributed by atoms with van der Waals surface area (Å²) < 4.78 is 17.8. The predicted octanol–water partition coefficient (Wildman–Crippen LogP) is 6.39. The SMILES string of the molecule is CC[C@H](C)[C@@H]([C@@H](CC(=O)N1CCC[C@H]1[C@H](OC)[C@@H](C)C(=O)C[C@@]1(C(=O)N2CCCCO2)C[C@@H]1c1ccccc1)OC)N(C)C(=O)[C@@H](CC(=O)[C@H](C(C)C)N(C)CCCC(=O)O[C@H](C)CNC(=O)CCCC(=O)ON1C(=O)CCC1=O)C(C)C. The molecule has 4 aliphatic rings. The van der Waals surface area contributed by atoms with Crippen LogP contribution in [0, 0.1) is 35.0 Å². The van der Waals surface area contributed by atoms with E-state index in [1.54, 1.807) is 38.0 Å². The molecule has 0 radical (unpaired) electrons. The molecule has 1 aromatic carbocycles. The molecular formula is C62H96N6O15. The number of imide groups is 1. The first-order valence-corrected chi connectivity index (χ1v) is 30.3. The fourth-order valence-electron chi connectivity index (χ4n) is 12.6. The molecule has 21 nitrogen and oxygen atoms in total. The minimum absolute atomic E-state index is 0.0167. The van der Waals surface area contributed by atoms with Crippen LogP contribution in [0.5, 0.6) is 0 Å². The van der Waals surface area contributed by atoms with E-state index < -0.39 is 77.4 Å². The number of carbonyl (C=O) groups is 10. The molecule has 464 valence electrons. The quantitative estimate of drug-likeness (QED) is 0.0581. The number of hydroxylamine groups is 4. The largest absolute Gasteiger partial charge is 0.461 e. The van der Waals surface area contributed by atoms with E-state index in [2.05, 4.69) is 5.32 Å². The molecule has 11 atom stereocenters. The number of hydrogen-bond donors (Lipinski definition) is 1. The van der Waals surface area contributed by atoms with Gasteiger partial charge in [0.15, 0.2) is 5.78 Å². The van der Waals surface area contributed by atoms with Crippen LogP contribution in [0.1, 0.15) is 170 Å². The highest BCUT2D eigenvalue weighted by Crippen LogP contribution is 2.63. The molecule has 3 heterocycles. The maximum atomic E-state index is 14.8. The van der Waals surface area contributed by atoms with E-state index in [4.69, 9.17) is 23.9 Å². The molecule has 21 heteroatoms. The summed E-state index contributed by atoms with van der Waals surface area (Å²) in [5.41, 5.74) is 0.0892. The molecule has 83 heavy (non-hydrogen) atoms. The first-order valence-electron chi connectivity index (χ1n) is 30.3. The van der Waals surface area contributed by atoms with Crippen molar-refractivity contribution in [1.29, 1.82) is 0 Å². The van der Waals surface area contributed by atoms with Gasteiger partial charge in [-0.2, -0.15) is 0 Å². The Morgan fingerprint density at radius 1 is 0.795 bits per heavy atom. The van der Waals surface area contributed by atoms with Gasteiger partial charge < -0.3 is 34.2 Å². The van der Waals surface area contributed by atoms with Gasteiger partial charge in [-0.15, -0.1) is 5.06 Å². The number of benzene rings is 1. The lowest BCUT2D eigenvalue weighted by Gasteiger charge is -2.41. The van der Waals surface area contributed by atoms with Crippen LogP contribution in [-0.4, -0.2) is 181 Å². The molecule has 3 saturated heterocycles. The van der Waals surface area contributed by atoms with Crippen LogP contribution in [0.2, 0.25) is 0 Å². The zero-order valence-corrected chi connectivity index (χ0v) is 51.5. The zero-order valence-electron chi connectivity index (χ0n) is 51.5. The Balaban J connectivity index is 1.14. The van der Waals surface area contributed by atoms with E-state index in [0.29, 0.717) is 63.4 Å². The van der Waals surface area contributed by atoms with Crippen molar-refractivity contribution < 1.29 is 71.8 Å². The third-order valence-electron chi connectivity index (χ3n) is 17.5.